The van der Waals surface area contributed by atoms with Crippen molar-refractivity contribution in [3.63, 3.8) is 0 Å². The molecule has 0 fully saturated rings. The van der Waals surface area contributed by atoms with Gasteiger partial charge in [-0.2, -0.15) is 5.10 Å². The van der Waals surface area contributed by atoms with E-state index in [1.165, 1.54) is 6.33 Å². The molecule has 0 aliphatic heterocycles. The fourth-order valence-corrected chi connectivity index (χ4v) is 3.41. The Bertz CT molecular complexity index is 1300. The molecule has 8 heteroatoms. The zero-order chi connectivity index (χ0) is 21.8. The third kappa shape index (κ3) is 4.57. The van der Waals surface area contributed by atoms with Gasteiger partial charge in [0.25, 0.3) is 0 Å². The van der Waals surface area contributed by atoms with Crippen LogP contribution in [-0.2, 0) is 6.54 Å². The van der Waals surface area contributed by atoms with Crippen LogP contribution in [0.3, 0.4) is 0 Å². The van der Waals surface area contributed by atoms with Gasteiger partial charge in [0.05, 0.1) is 34.3 Å². The zero-order valence-corrected chi connectivity index (χ0v) is 18.1. The van der Waals surface area contributed by atoms with Gasteiger partial charge in [-0.15, -0.1) is 0 Å². The molecule has 2 N–H and O–H groups in total. The first-order valence-electron chi connectivity index (χ1n) is 9.79. The molecule has 0 aliphatic carbocycles. The van der Waals surface area contributed by atoms with Crippen molar-refractivity contribution < 1.29 is 0 Å². The minimum atomic E-state index is 0.465. The van der Waals surface area contributed by atoms with Crippen LogP contribution < -0.4 is 5.32 Å². The summed E-state index contributed by atoms with van der Waals surface area (Å²) in [6.45, 7) is 8.51. The lowest BCUT2D eigenvalue weighted by molar-refractivity contribution is 0.960. The molecule has 0 bridgehead atoms. The molecule has 3 aromatic heterocycles. The number of nitrogens with zero attached hydrogens (tertiary/aromatic N) is 5. The molecule has 31 heavy (non-hydrogen) atoms. The highest BCUT2D eigenvalue weighted by atomic mass is 35.5. The monoisotopic (exact) mass is 431 g/mol. The van der Waals surface area contributed by atoms with Crippen molar-refractivity contribution in [2.75, 3.05) is 5.32 Å². The Morgan fingerprint density at radius 1 is 1.29 bits per heavy atom. The average Bonchev–Trinajstić information content (AvgIpc) is 3.39. The Balaban J connectivity index is 1.71. The smallest absolute Gasteiger partial charge is 0.155 e. The predicted octanol–water partition coefficient (Wildman–Crippen LogP) is 5.39. The van der Waals surface area contributed by atoms with E-state index in [0.717, 1.165) is 39.8 Å². The van der Waals surface area contributed by atoms with Crippen molar-refractivity contribution in [3.05, 3.63) is 84.2 Å². The predicted molar refractivity (Wildman–Crippen MR) is 126 cm³/mol. The largest absolute Gasteiger partial charge is 0.377 e. The minimum Gasteiger partial charge on any atom is -0.377 e. The van der Waals surface area contributed by atoms with E-state index >= 15 is 0 Å². The first kappa shape index (κ1) is 20.6. The van der Waals surface area contributed by atoms with Gasteiger partial charge in [-0.25, -0.2) is 14.5 Å². The molecule has 0 radical (unpaired) electrons. The lowest BCUT2D eigenvalue weighted by atomic mass is 10.1. The van der Waals surface area contributed by atoms with E-state index in [-0.39, 0.29) is 0 Å². The Morgan fingerprint density at radius 3 is 2.94 bits per heavy atom. The normalized spacial score (nSPS) is 12.0. The van der Waals surface area contributed by atoms with Crippen molar-refractivity contribution in [2.45, 2.75) is 20.4 Å². The molecule has 0 saturated carbocycles. The van der Waals surface area contributed by atoms with Gasteiger partial charge in [-0.05, 0) is 44.2 Å². The summed E-state index contributed by atoms with van der Waals surface area (Å²) >= 11 is 6.26. The van der Waals surface area contributed by atoms with Gasteiger partial charge in [0, 0.05) is 17.5 Å². The molecule has 0 amide bonds. The van der Waals surface area contributed by atoms with E-state index in [1.807, 2.05) is 68.6 Å². The van der Waals surface area contributed by atoms with E-state index in [4.69, 9.17) is 16.6 Å². The number of para-hydroxylation sites is 1. The van der Waals surface area contributed by atoms with Crippen LogP contribution in [0.1, 0.15) is 25.4 Å². The van der Waals surface area contributed by atoms with E-state index in [2.05, 4.69) is 32.0 Å². The van der Waals surface area contributed by atoms with Gasteiger partial charge >= 0.3 is 0 Å². The summed E-state index contributed by atoms with van der Waals surface area (Å²) in [4.78, 5) is 17.0. The number of hydrogen-bond acceptors (Lipinski definition) is 5. The maximum absolute atomic E-state index is 6.26. The van der Waals surface area contributed by atoms with Crippen LogP contribution >= 0.6 is 11.6 Å². The molecule has 0 spiro atoms. The van der Waals surface area contributed by atoms with E-state index in [1.54, 1.807) is 4.52 Å². The number of allylic oxidation sites excluding steroid dienone is 2. The summed E-state index contributed by atoms with van der Waals surface area (Å²) in [6.07, 6.45) is 7.29. The number of benzene rings is 1. The lowest BCUT2D eigenvalue weighted by Crippen LogP contribution is -2.01. The van der Waals surface area contributed by atoms with Crippen LogP contribution in [-0.4, -0.2) is 30.3 Å². The van der Waals surface area contributed by atoms with Crippen LogP contribution in [0.4, 0.5) is 5.69 Å². The molecule has 0 aliphatic rings. The minimum absolute atomic E-state index is 0.465. The second-order valence-corrected chi connectivity index (χ2v) is 7.33. The van der Waals surface area contributed by atoms with Gasteiger partial charge in [0.2, 0.25) is 0 Å². The van der Waals surface area contributed by atoms with E-state index in [0.29, 0.717) is 17.3 Å². The Kier molecular flexibility index (Phi) is 5.95. The standard InChI is InChI=1S/C23H22ClN7/c1-4-7-15(2)28-16(3)22-23(17-10-11-21-26-14-27-31(21)13-17)30-20(29-22)12-25-19-9-6-5-8-18(19)24/h4-11,13-14,25H,3,12H2,1-2H3,(H,29,30)/b7-4-,28-15-. The number of hydrogen-bond donors (Lipinski definition) is 2. The van der Waals surface area contributed by atoms with Gasteiger partial charge in [0.15, 0.2) is 5.65 Å². The molecule has 0 unspecified atom stereocenters. The molecule has 4 aromatic rings. The SMILES string of the molecule is C=C(/N=C(C)\C=C/C)c1[nH]c(CNc2ccccc2Cl)nc1-c1ccc2ncnn2c1. The lowest BCUT2D eigenvalue weighted by Gasteiger charge is -2.05. The number of halogens is 1. The first-order valence-corrected chi connectivity index (χ1v) is 10.2. The number of nitrogens with one attached hydrogen (secondary N) is 2. The number of H-pyrrole nitrogens is 1. The molecule has 0 saturated heterocycles. The van der Waals surface area contributed by atoms with Crippen LogP contribution in [0.25, 0.3) is 22.6 Å². The molecular formula is C23H22ClN7. The summed E-state index contributed by atoms with van der Waals surface area (Å²) < 4.78 is 1.71. The summed E-state index contributed by atoms with van der Waals surface area (Å²) in [5.41, 5.74) is 5.44. The zero-order valence-electron chi connectivity index (χ0n) is 17.3. The Morgan fingerprint density at radius 2 is 2.13 bits per heavy atom. The number of aromatic amines is 1. The number of anilines is 1. The maximum atomic E-state index is 6.26. The Labute approximate surface area is 185 Å². The highest BCUT2D eigenvalue weighted by Gasteiger charge is 2.16. The second kappa shape index (κ2) is 8.97. The fraction of sp³-hybridized carbons (Fsp3) is 0.130. The van der Waals surface area contributed by atoms with Crippen LogP contribution in [0.2, 0.25) is 5.02 Å². The average molecular weight is 432 g/mol. The molecule has 4 rings (SSSR count). The van der Waals surface area contributed by atoms with Gasteiger partial charge < -0.3 is 10.3 Å². The van der Waals surface area contributed by atoms with Crippen LogP contribution in [0.5, 0.6) is 0 Å². The maximum Gasteiger partial charge on any atom is 0.155 e. The topological polar surface area (TPSA) is 83.3 Å². The summed E-state index contributed by atoms with van der Waals surface area (Å²) in [5, 5.41) is 8.20. The van der Waals surface area contributed by atoms with E-state index < -0.39 is 0 Å². The molecule has 7 nitrogen and oxygen atoms in total. The van der Waals surface area contributed by atoms with Crippen molar-refractivity contribution in [1.82, 2.24) is 24.6 Å². The number of aromatic nitrogens is 5. The third-order valence-corrected chi connectivity index (χ3v) is 4.96. The number of aliphatic imine (C=N–C) groups is 1. The van der Waals surface area contributed by atoms with Gasteiger partial charge in [-0.3, -0.25) is 4.99 Å². The van der Waals surface area contributed by atoms with Crippen LogP contribution in [0, 0.1) is 0 Å². The van der Waals surface area contributed by atoms with Crippen molar-refractivity contribution in [1.29, 1.82) is 0 Å². The Hall–Kier alpha value is -3.71. The van der Waals surface area contributed by atoms with Crippen molar-refractivity contribution >= 4 is 34.3 Å². The molecule has 0 atom stereocenters. The molecule has 156 valence electrons. The van der Waals surface area contributed by atoms with Crippen molar-refractivity contribution in [3.8, 4) is 11.3 Å². The second-order valence-electron chi connectivity index (χ2n) is 6.92. The van der Waals surface area contributed by atoms with Gasteiger partial charge in [-0.1, -0.05) is 36.4 Å². The number of rotatable bonds is 7. The third-order valence-electron chi connectivity index (χ3n) is 4.63. The number of pyridine rings is 1. The summed E-state index contributed by atoms with van der Waals surface area (Å²) in [6, 6.07) is 11.5. The number of imidazole rings is 1. The quantitative estimate of drug-likeness (QED) is 0.384. The summed E-state index contributed by atoms with van der Waals surface area (Å²) in [7, 11) is 0. The van der Waals surface area contributed by atoms with Crippen LogP contribution in [0.15, 0.2) is 72.6 Å². The van der Waals surface area contributed by atoms with E-state index in [9.17, 15) is 0 Å². The fourth-order valence-electron chi connectivity index (χ4n) is 3.21. The molecular weight excluding hydrogens is 410 g/mol. The highest BCUT2D eigenvalue weighted by Crippen LogP contribution is 2.28. The first-order chi connectivity index (χ1) is 15.0. The molecule has 3 heterocycles. The summed E-state index contributed by atoms with van der Waals surface area (Å²) in [5.74, 6) is 0.739. The van der Waals surface area contributed by atoms with Crippen molar-refractivity contribution in [2.24, 2.45) is 4.99 Å². The number of fused-ring (bicyclic) bond motifs is 1. The van der Waals surface area contributed by atoms with Gasteiger partial charge in [0.1, 0.15) is 12.2 Å². The highest BCUT2D eigenvalue weighted by molar-refractivity contribution is 6.33. The molecule has 1 aromatic carbocycles.